The standard InChI is InChI=1S/C19H25N3O2.W/c1-15(24-17-12-8-3-2-4-9-13-17)21-19(14-18(20)23)22-16-10-6-5-7-11-16;/h1,5-7,10-11,14,17,22H,2-4,8-9,12-13H2,(H2,20,23);/b19-14?,21-15+;. The van der Waals surface area contributed by atoms with Gasteiger partial charge in [0.25, 0.3) is 0 Å². The predicted octanol–water partition coefficient (Wildman–Crippen LogP) is 3.30. The van der Waals surface area contributed by atoms with Crippen LogP contribution in [0.3, 0.4) is 0 Å². The molecular formula is C19H25N3O2W. The third-order valence-corrected chi connectivity index (χ3v) is 4.72. The topological polar surface area (TPSA) is 76.7 Å². The fraction of sp³-hybridized carbons (Fsp3) is 0.421. The molecule has 2 rings (SSSR count). The molecule has 3 N–H and O–H groups in total. The van der Waals surface area contributed by atoms with Crippen molar-refractivity contribution in [1.29, 1.82) is 0 Å². The van der Waals surface area contributed by atoms with Gasteiger partial charge >= 0.3 is 160 Å². The first kappa shape index (κ1) is 19.6. The van der Waals surface area contributed by atoms with E-state index in [2.05, 4.69) is 10.3 Å². The van der Waals surface area contributed by atoms with Crippen molar-refractivity contribution < 1.29 is 28.9 Å². The van der Waals surface area contributed by atoms with Crippen molar-refractivity contribution in [2.24, 2.45) is 10.7 Å². The van der Waals surface area contributed by atoms with Crippen LogP contribution in [0.2, 0.25) is 0 Å². The van der Waals surface area contributed by atoms with Gasteiger partial charge in [-0.3, -0.25) is 0 Å². The van der Waals surface area contributed by atoms with E-state index in [-0.39, 0.29) is 6.10 Å². The van der Waals surface area contributed by atoms with E-state index in [0.717, 1.165) is 18.5 Å². The van der Waals surface area contributed by atoms with Gasteiger partial charge in [0, 0.05) is 0 Å². The first-order valence-electron chi connectivity index (χ1n) is 8.71. The van der Waals surface area contributed by atoms with Gasteiger partial charge in [0.05, 0.1) is 0 Å². The van der Waals surface area contributed by atoms with Crippen LogP contribution in [0.15, 0.2) is 47.2 Å². The molecular weight excluding hydrogens is 486 g/mol. The summed E-state index contributed by atoms with van der Waals surface area (Å²) in [6, 6.07) is 9.56. The van der Waals surface area contributed by atoms with Gasteiger partial charge in [-0.05, 0) is 0 Å². The Morgan fingerprint density at radius 3 is 2.40 bits per heavy atom. The Morgan fingerprint density at radius 2 is 1.80 bits per heavy atom. The minimum atomic E-state index is -0.545. The Balaban J connectivity index is 2.10. The van der Waals surface area contributed by atoms with Crippen molar-refractivity contribution in [3.63, 3.8) is 0 Å². The fourth-order valence-electron chi connectivity index (χ4n) is 2.81. The zero-order valence-corrected chi connectivity index (χ0v) is 17.3. The molecule has 25 heavy (non-hydrogen) atoms. The maximum absolute atomic E-state index is 11.3. The Bertz CT molecular complexity index is 621. The molecule has 0 aliphatic heterocycles. The SMILES string of the molecule is NC(=O)C=C(/N=C(\[CH]=[W])OC1CCCCCCC1)Nc1ccccc1. The van der Waals surface area contributed by atoms with Crippen molar-refractivity contribution in [2.45, 2.75) is 51.0 Å². The number of nitrogens with zero attached hydrogens (tertiary/aromatic N) is 1. The van der Waals surface area contributed by atoms with E-state index in [1.165, 1.54) is 57.5 Å². The average molecular weight is 511 g/mol. The Morgan fingerprint density at radius 1 is 1.16 bits per heavy atom. The first-order valence-corrected chi connectivity index (χ1v) is 10.4. The summed E-state index contributed by atoms with van der Waals surface area (Å²) in [4.78, 5) is 15.8. The summed E-state index contributed by atoms with van der Waals surface area (Å²) in [5.74, 6) is 0.393. The Hall–Kier alpha value is -1.74. The van der Waals surface area contributed by atoms with Crippen LogP contribution in [0.25, 0.3) is 0 Å². The number of hydrogen-bond acceptors (Lipinski definition) is 4. The molecule has 1 amide bonds. The number of carbonyl (C=O) groups excluding carboxylic acids is 1. The molecule has 0 radical (unpaired) electrons. The molecule has 1 aromatic carbocycles. The van der Waals surface area contributed by atoms with Gasteiger partial charge < -0.3 is 0 Å². The van der Waals surface area contributed by atoms with E-state index in [1.54, 1.807) is 0 Å². The number of nitrogens with one attached hydrogen (secondary N) is 1. The Kier molecular flexibility index (Phi) is 8.61. The van der Waals surface area contributed by atoms with Crippen LogP contribution in [0.1, 0.15) is 44.9 Å². The summed E-state index contributed by atoms with van der Waals surface area (Å²) in [7, 11) is 0. The van der Waals surface area contributed by atoms with E-state index < -0.39 is 5.91 Å². The molecule has 0 atom stereocenters. The second kappa shape index (κ2) is 11.0. The number of anilines is 1. The molecule has 0 heterocycles. The van der Waals surface area contributed by atoms with E-state index in [9.17, 15) is 4.79 Å². The number of carbonyl (C=O) groups is 1. The molecule has 0 unspecified atom stereocenters. The molecule has 134 valence electrons. The van der Waals surface area contributed by atoms with E-state index >= 15 is 0 Å². The zero-order chi connectivity index (χ0) is 17.9. The zero-order valence-electron chi connectivity index (χ0n) is 14.3. The number of ether oxygens (including phenoxy) is 1. The number of benzene rings is 1. The van der Waals surface area contributed by atoms with E-state index in [1.807, 2.05) is 34.7 Å². The molecule has 1 fully saturated rings. The van der Waals surface area contributed by atoms with Crippen molar-refractivity contribution in [1.82, 2.24) is 0 Å². The summed E-state index contributed by atoms with van der Waals surface area (Å²) < 4.78 is 8.01. The second-order valence-electron chi connectivity index (χ2n) is 6.08. The fourth-order valence-corrected chi connectivity index (χ4v) is 3.20. The van der Waals surface area contributed by atoms with Gasteiger partial charge in [0.2, 0.25) is 0 Å². The molecule has 0 bridgehead atoms. The molecule has 0 saturated heterocycles. The van der Waals surface area contributed by atoms with E-state index in [0.29, 0.717) is 11.7 Å². The number of amides is 1. The van der Waals surface area contributed by atoms with E-state index in [4.69, 9.17) is 10.5 Å². The van der Waals surface area contributed by atoms with Crippen molar-refractivity contribution in [3.05, 3.63) is 42.2 Å². The monoisotopic (exact) mass is 511 g/mol. The van der Waals surface area contributed by atoms with Crippen molar-refractivity contribution in [3.8, 4) is 0 Å². The van der Waals surface area contributed by atoms with Gasteiger partial charge in [-0.2, -0.15) is 0 Å². The van der Waals surface area contributed by atoms with Crippen LogP contribution in [0, 0.1) is 0 Å². The number of hydrogen-bond donors (Lipinski definition) is 2. The summed E-state index contributed by atoms with van der Waals surface area (Å²) >= 11 is 1.25. The third-order valence-electron chi connectivity index (χ3n) is 4.00. The van der Waals surface area contributed by atoms with Gasteiger partial charge in [-0.1, -0.05) is 0 Å². The number of rotatable bonds is 6. The van der Waals surface area contributed by atoms with Crippen molar-refractivity contribution >= 4 is 21.9 Å². The number of primary amides is 1. The minimum absolute atomic E-state index is 0.196. The van der Waals surface area contributed by atoms with Crippen LogP contribution in [0.5, 0.6) is 0 Å². The molecule has 1 aliphatic rings. The van der Waals surface area contributed by atoms with Crippen LogP contribution in [-0.2, 0) is 28.9 Å². The molecule has 5 nitrogen and oxygen atoms in total. The van der Waals surface area contributed by atoms with Gasteiger partial charge in [0.15, 0.2) is 0 Å². The summed E-state index contributed by atoms with van der Waals surface area (Å²) in [6.45, 7) is 0. The molecule has 0 spiro atoms. The number of para-hydroxylation sites is 1. The quantitative estimate of drug-likeness (QED) is 0.350. The molecule has 1 aromatic rings. The molecule has 1 saturated carbocycles. The molecule has 1 aliphatic carbocycles. The van der Waals surface area contributed by atoms with Crippen LogP contribution >= 0.6 is 0 Å². The van der Waals surface area contributed by atoms with Crippen LogP contribution < -0.4 is 11.1 Å². The van der Waals surface area contributed by atoms with Crippen LogP contribution in [0.4, 0.5) is 5.69 Å². The summed E-state index contributed by atoms with van der Waals surface area (Å²) in [5.41, 5.74) is 6.16. The first-order chi connectivity index (χ1) is 12.2. The Labute approximate surface area is 160 Å². The molecule has 0 aromatic heterocycles. The van der Waals surface area contributed by atoms with Crippen LogP contribution in [-0.4, -0.2) is 22.3 Å². The maximum atomic E-state index is 11.3. The van der Waals surface area contributed by atoms with Gasteiger partial charge in [0.1, 0.15) is 0 Å². The van der Waals surface area contributed by atoms with Gasteiger partial charge in [-0.15, -0.1) is 0 Å². The summed E-state index contributed by atoms with van der Waals surface area (Å²) in [5, 5.41) is 3.12. The average Bonchev–Trinajstić information content (AvgIpc) is 2.56. The predicted molar refractivity (Wildman–Crippen MR) is 98.0 cm³/mol. The number of nitrogens with two attached hydrogens (primary N) is 1. The number of aliphatic imine (C=N–C) groups is 1. The molecule has 6 heteroatoms. The summed E-state index contributed by atoms with van der Waals surface area (Å²) in [6.07, 6.45) is 9.86. The normalized spacial score (nSPS) is 17.3. The van der Waals surface area contributed by atoms with Gasteiger partial charge in [-0.25, -0.2) is 0 Å². The van der Waals surface area contributed by atoms with Crippen molar-refractivity contribution in [2.75, 3.05) is 5.32 Å². The third kappa shape index (κ3) is 7.78. The second-order valence-corrected chi connectivity index (χ2v) is 6.92.